The highest BCUT2D eigenvalue weighted by Gasteiger charge is 2.29. The van der Waals surface area contributed by atoms with Gasteiger partial charge in [0.25, 0.3) is 0 Å². The number of aryl methyl sites for hydroxylation is 1. The first-order valence-corrected chi connectivity index (χ1v) is 8.52. The number of nitrogens with one attached hydrogen (secondary N) is 1. The average molecular weight is 337 g/mol. The van der Waals surface area contributed by atoms with Crippen LogP contribution >= 0.6 is 0 Å². The Balaban J connectivity index is 1.48. The van der Waals surface area contributed by atoms with Gasteiger partial charge in [-0.1, -0.05) is 60.2 Å². The first kappa shape index (κ1) is 17.0. The highest BCUT2D eigenvalue weighted by atomic mass is 16.2. The maximum absolute atomic E-state index is 12.4. The molecule has 2 aromatic carbocycles. The Hall–Kier alpha value is -2.82. The minimum Gasteiger partial charge on any atom is -0.350 e. The van der Waals surface area contributed by atoms with E-state index < -0.39 is 0 Å². The summed E-state index contributed by atoms with van der Waals surface area (Å²) in [4.78, 5) is 28.0. The fourth-order valence-corrected chi connectivity index (χ4v) is 2.98. The largest absolute Gasteiger partial charge is 0.350 e. The molecule has 1 aliphatic rings. The van der Waals surface area contributed by atoms with Crippen LogP contribution in [-0.4, -0.2) is 41.4 Å². The van der Waals surface area contributed by atoms with Crippen molar-refractivity contribution < 1.29 is 9.59 Å². The van der Waals surface area contributed by atoms with Crippen LogP contribution < -0.4 is 5.32 Å². The van der Waals surface area contributed by atoms with Gasteiger partial charge in [0.05, 0.1) is 0 Å². The van der Waals surface area contributed by atoms with E-state index in [9.17, 15) is 9.59 Å². The maximum atomic E-state index is 12.4. The number of nitrogens with zero attached hydrogens (tertiary/aromatic N) is 2. The molecule has 130 valence electrons. The molecule has 3 amide bonds. The van der Waals surface area contributed by atoms with Crippen molar-refractivity contribution >= 4 is 11.9 Å². The number of urea groups is 1. The lowest BCUT2D eigenvalue weighted by atomic mass is 10.1. The van der Waals surface area contributed by atoms with Gasteiger partial charge in [-0.25, -0.2) is 4.79 Å². The van der Waals surface area contributed by atoms with Gasteiger partial charge in [-0.15, -0.1) is 0 Å². The molecule has 1 fully saturated rings. The smallest absolute Gasteiger partial charge is 0.320 e. The summed E-state index contributed by atoms with van der Waals surface area (Å²) in [6.45, 7) is 4.44. The van der Waals surface area contributed by atoms with Gasteiger partial charge >= 0.3 is 6.03 Å². The molecular weight excluding hydrogens is 314 g/mol. The molecule has 1 aliphatic heterocycles. The van der Waals surface area contributed by atoms with Crippen molar-refractivity contribution in [1.82, 2.24) is 15.1 Å². The molecule has 0 atom stereocenters. The lowest BCUT2D eigenvalue weighted by Gasteiger charge is -2.18. The molecule has 0 aromatic heterocycles. The molecule has 5 heteroatoms. The standard InChI is InChI=1S/C20H23N3O2/c1-16-6-5-9-18(12-16)13-21-19(24)15-23-11-10-22(20(23)25)14-17-7-3-2-4-8-17/h2-9,12H,10-11,13-15H2,1H3,(H,21,24). The second kappa shape index (κ2) is 7.83. The highest BCUT2D eigenvalue weighted by molar-refractivity contribution is 5.85. The predicted octanol–water partition coefficient (Wildman–Crippen LogP) is 2.55. The van der Waals surface area contributed by atoms with Gasteiger partial charge in [0.1, 0.15) is 6.54 Å². The quantitative estimate of drug-likeness (QED) is 0.881. The fourth-order valence-electron chi connectivity index (χ4n) is 2.98. The van der Waals surface area contributed by atoms with Gasteiger partial charge in [0.2, 0.25) is 5.91 Å². The molecule has 0 spiro atoms. The van der Waals surface area contributed by atoms with E-state index in [-0.39, 0.29) is 18.5 Å². The summed E-state index contributed by atoms with van der Waals surface area (Å²) in [5.74, 6) is -0.128. The van der Waals surface area contributed by atoms with Crippen LogP contribution in [0.15, 0.2) is 54.6 Å². The first-order chi connectivity index (χ1) is 12.1. The zero-order chi connectivity index (χ0) is 17.6. The van der Waals surface area contributed by atoms with Crippen molar-refractivity contribution in [3.05, 3.63) is 71.3 Å². The zero-order valence-electron chi connectivity index (χ0n) is 14.4. The van der Waals surface area contributed by atoms with E-state index in [1.165, 1.54) is 0 Å². The molecule has 1 N–H and O–H groups in total. The lowest BCUT2D eigenvalue weighted by Crippen LogP contribution is -2.39. The normalized spacial score (nSPS) is 14.0. The van der Waals surface area contributed by atoms with E-state index in [0.29, 0.717) is 26.2 Å². The Morgan fingerprint density at radius 1 is 1.00 bits per heavy atom. The van der Waals surface area contributed by atoms with Crippen molar-refractivity contribution in [3.63, 3.8) is 0 Å². The van der Waals surface area contributed by atoms with E-state index >= 15 is 0 Å². The molecule has 2 aromatic rings. The highest BCUT2D eigenvalue weighted by Crippen LogP contribution is 2.13. The van der Waals surface area contributed by atoms with Crippen LogP contribution in [0.1, 0.15) is 16.7 Å². The van der Waals surface area contributed by atoms with Crippen LogP contribution in [0.5, 0.6) is 0 Å². The van der Waals surface area contributed by atoms with Crippen molar-refractivity contribution in [1.29, 1.82) is 0 Å². The summed E-state index contributed by atoms with van der Waals surface area (Å²) >= 11 is 0. The van der Waals surface area contributed by atoms with Crippen LogP contribution in [0.4, 0.5) is 4.79 Å². The Kier molecular flexibility index (Phi) is 5.33. The van der Waals surface area contributed by atoms with Crippen molar-refractivity contribution in [2.75, 3.05) is 19.6 Å². The van der Waals surface area contributed by atoms with Crippen molar-refractivity contribution in [2.24, 2.45) is 0 Å². The van der Waals surface area contributed by atoms with E-state index in [2.05, 4.69) is 5.32 Å². The summed E-state index contributed by atoms with van der Waals surface area (Å²) in [5.41, 5.74) is 3.33. The van der Waals surface area contributed by atoms with Crippen LogP contribution in [-0.2, 0) is 17.9 Å². The van der Waals surface area contributed by atoms with Crippen LogP contribution in [0.2, 0.25) is 0 Å². The SMILES string of the molecule is Cc1cccc(CNC(=O)CN2CCN(Cc3ccccc3)C2=O)c1. The van der Waals surface area contributed by atoms with Crippen molar-refractivity contribution in [3.8, 4) is 0 Å². The minimum absolute atomic E-state index is 0.0745. The number of hydrogen-bond acceptors (Lipinski definition) is 2. The molecular formula is C20H23N3O2. The Morgan fingerprint density at radius 2 is 1.72 bits per heavy atom. The lowest BCUT2D eigenvalue weighted by molar-refractivity contribution is -0.121. The number of hydrogen-bond donors (Lipinski definition) is 1. The molecule has 3 rings (SSSR count). The van der Waals surface area contributed by atoms with Crippen LogP contribution in [0.3, 0.4) is 0 Å². The number of carbonyl (C=O) groups is 2. The summed E-state index contributed by atoms with van der Waals surface area (Å²) in [6, 6.07) is 17.8. The summed E-state index contributed by atoms with van der Waals surface area (Å²) in [5, 5.41) is 2.89. The van der Waals surface area contributed by atoms with Gasteiger partial charge in [0.15, 0.2) is 0 Å². The van der Waals surface area contributed by atoms with Crippen molar-refractivity contribution in [2.45, 2.75) is 20.0 Å². The topological polar surface area (TPSA) is 52.7 Å². The van der Waals surface area contributed by atoms with Crippen LogP contribution in [0.25, 0.3) is 0 Å². The third-order valence-corrected chi connectivity index (χ3v) is 4.30. The van der Waals surface area contributed by atoms with E-state index in [1.807, 2.05) is 61.5 Å². The molecule has 25 heavy (non-hydrogen) atoms. The van der Waals surface area contributed by atoms with Gasteiger partial charge in [-0.2, -0.15) is 0 Å². The number of carbonyl (C=O) groups excluding carboxylic acids is 2. The average Bonchev–Trinajstić information content (AvgIpc) is 2.94. The van der Waals surface area contributed by atoms with Gasteiger partial charge in [0, 0.05) is 26.2 Å². The Bertz CT molecular complexity index is 746. The second-order valence-electron chi connectivity index (χ2n) is 6.38. The molecule has 1 saturated heterocycles. The van der Waals surface area contributed by atoms with Crippen LogP contribution in [0, 0.1) is 6.92 Å². The molecule has 0 bridgehead atoms. The summed E-state index contributed by atoms with van der Waals surface area (Å²) < 4.78 is 0. The first-order valence-electron chi connectivity index (χ1n) is 8.52. The molecule has 0 saturated carbocycles. The number of benzene rings is 2. The molecule has 1 heterocycles. The molecule has 5 nitrogen and oxygen atoms in total. The molecule has 0 radical (unpaired) electrons. The Labute approximate surface area is 148 Å². The predicted molar refractivity (Wildman–Crippen MR) is 96.8 cm³/mol. The number of rotatable bonds is 6. The number of amides is 3. The third-order valence-electron chi connectivity index (χ3n) is 4.30. The maximum Gasteiger partial charge on any atom is 0.320 e. The van der Waals surface area contributed by atoms with Gasteiger partial charge in [-0.05, 0) is 18.1 Å². The van der Waals surface area contributed by atoms with Gasteiger partial charge < -0.3 is 15.1 Å². The second-order valence-corrected chi connectivity index (χ2v) is 6.38. The van der Waals surface area contributed by atoms with Gasteiger partial charge in [-0.3, -0.25) is 4.79 Å². The Morgan fingerprint density at radius 3 is 2.48 bits per heavy atom. The minimum atomic E-state index is -0.128. The molecule has 0 aliphatic carbocycles. The zero-order valence-corrected chi connectivity index (χ0v) is 14.4. The summed E-state index contributed by atoms with van der Waals surface area (Å²) in [6.07, 6.45) is 0. The van der Waals surface area contributed by atoms with E-state index in [4.69, 9.17) is 0 Å². The third kappa shape index (κ3) is 4.59. The van der Waals surface area contributed by atoms with E-state index in [0.717, 1.165) is 16.7 Å². The molecule has 0 unspecified atom stereocenters. The summed E-state index contributed by atoms with van der Waals surface area (Å²) in [7, 11) is 0. The monoisotopic (exact) mass is 337 g/mol. The van der Waals surface area contributed by atoms with E-state index in [1.54, 1.807) is 9.80 Å². The fraction of sp³-hybridized carbons (Fsp3) is 0.300.